The van der Waals surface area contributed by atoms with Crippen LogP contribution in [0.3, 0.4) is 0 Å². The van der Waals surface area contributed by atoms with Crippen LogP contribution in [0.2, 0.25) is 0 Å². The van der Waals surface area contributed by atoms with Crippen LogP contribution >= 0.6 is 0 Å². The van der Waals surface area contributed by atoms with Crippen LogP contribution in [0, 0.1) is 10.1 Å². The number of nitrogens with one attached hydrogen (secondary N) is 1. The summed E-state index contributed by atoms with van der Waals surface area (Å²) in [6.07, 6.45) is -4.49. The third-order valence-corrected chi connectivity index (χ3v) is 6.22. The largest absolute Gasteiger partial charge is 0.417 e. The number of non-ortho nitro benzene ring substituents is 1. The van der Waals surface area contributed by atoms with Crippen LogP contribution in [0.15, 0.2) is 47.4 Å². The molecule has 0 fully saturated rings. The van der Waals surface area contributed by atoms with E-state index in [4.69, 9.17) is 0 Å². The second-order valence-electron chi connectivity index (χ2n) is 6.65. The number of benzene rings is 2. The molecule has 1 amide bonds. The third kappa shape index (κ3) is 4.14. The number of anilines is 1. The number of nitro groups is 1. The Labute approximate surface area is 169 Å². The number of carbonyl (C=O) groups is 1. The minimum Gasteiger partial charge on any atom is -0.310 e. The monoisotopic (exact) mass is 443 g/mol. The Bertz CT molecular complexity index is 1120. The number of nitro benzene ring substituents is 1. The van der Waals surface area contributed by atoms with E-state index in [1.54, 1.807) is 0 Å². The second kappa shape index (κ2) is 7.69. The molecule has 2 aromatic carbocycles. The quantitative estimate of drug-likeness (QED) is 0.565. The van der Waals surface area contributed by atoms with Crippen molar-refractivity contribution in [1.82, 2.24) is 4.72 Å². The molecule has 12 heteroatoms. The molecule has 0 saturated heterocycles. The average Bonchev–Trinajstić information content (AvgIpc) is 3.09. The van der Waals surface area contributed by atoms with Gasteiger partial charge in [-0.25, -0.2) is 8.42 Å². The molecule has 1 N–H and O–H groups in total. The van der Waals surface area contributed by atoms with Gasteiger partial charge in [-0.15, -0.1) is 0 Å². The predicted molar refractivity (Wildman–Crippen MR) is 100 cm³/mol. The third-order valence-electron chi connectivity index (χ3n) is 4.63. The Kier molecular flexibility index (Phi) is 5.56. The number of carbonyl (C=O) groups excluding carboxylic acids is 1. The van der Waals surface area contributed by atoms with Crippen LogP contribution in [-0.2, 0) is 27.4 Å². The number of hydrogen-bond acceptors (Lipinski definition) is 5. The number of sulfonamides is 1. The fourth-order valence-electron chi connectivity index (χ4n) is 3.23. The lowest BCUT2D eigenvalue weighted by Gasteiger charge is -2.23. The smallest absolute Gasteiger partial charge is 0.310 e. The molecule has 1 aliphatic rings. The maximum Gasteiger partial charge on any atom is 0.417 e. The summed E-state index contributed by atoms with van der Waals surface area (Å²) in [5, 5.41) is 11.0. The zero-order valence-corrected chi connectivity index (χ0v) is 16.3. The van der Waals surface area contributed by atoms with E-state index in [0.29, 0.717) is 18.1 Å². The van der Waals surface area contributed by atoms with Crippen LogP contribution in [-0.4, -0.2) is 31.8 Å². The zero-order chi connectivity index (χ0) is 22.3. The minimum atomic E-state index is -4.90. The molecular formula is C18H16F3N3O5S. The van der Waals surface area contributed by atoms with Crippen molar-refractivity contribution >= 4 is 27.3 Å². The summed E-state index contributed by atoms with van der Waals surface area (Å²) in [4.78, 5) is 23.3. The molecule has 0 spiro atoms. The van der Waals surface area contributed by atoms with Crippen molar-refractivity contribution in [2.75, 3.05) is 11.4 Å². The van der Waals surface area contributed by atoms with Gasteiger partial charge in [0.2, 0.25) is 15.9 Å². The molecule has 0 radical (unpaired) electrons. The highest BCUT2D eigenvalue weighted by atomic mass is 32.2. The minimum absolute atomic E-state index is 0.167. The highest BCUT2D eigenvalue weighted by Gasteiger charge is 2.38. The average molecular weight is 443 g/mol. The molecular weight excluding hydrogens is 427 g/mol. The van der Waals surface area contributed by atoms with E-state index in [1.807, 2.05) is 4.72 Å². The lowest BCUT2D eigenvalue weighted by Crippen LogP contribution is -2.46. The molecule has 0 aliphatic carbocycles. The highest BCUT2D eigenvalue weighted by molar-refractivity contribution is 7.89. The first kappa shape index (κ1) is 21.7. The standard InChI is InChI=1S/C18H16F3N3O5S/c1-11(22-30(28,29)16-5-3-2-4-14(16)18(19,20)21)17(25)23-9-8-12-6-7-13(24(26)27)10-15(12)23/h2-7,10-11,22H,8-9H2,1H3/t11-/m1/s1. The Morgan fingerprint density at radius 2 is 1.90 bits per heavy atom. The molecule has 30 heavy (non-hydrogen) atoms. The van der Waals surface area contributed by atoms with Gasteiger partial charge >= 0.3 is 6.18 Å². The van der Waals surface area contributed by atoms with Gasteiger partial charge in [-0.1, -0.05) is 18.2 Å². The summed E-state index contributed by atoms with van der Waals surface area (Å²) in [5.41, 5.74) is -0.637. The number of rotatable bonds is 5. The van der Waals surface area contributed by atoms with Gasteiger partial charge in [-0.3, -0.25) is 14.9 Å². The lowest BCUT2D eigenvalue weighted by molar-refractivity contribution is -0.384. The van der Waals surface area contributed by atoms with E-state index in [-0.39, 0.29) is 17.9 Å². The summed E-state index contributed by atoms with van der Waals surface area (Å²) in [5.74, 6) is -0.734. The highest BCUT2D eigenvalue weighted by Crippen LogP contribution is 2.35. The first-order valence-electron chi connectivity index (χ1n) is 8.69. The van der Waals surface area contributed by atoms with Crippen LogP contribution < -0.4 is 9.62 Å². The Morgan fingerprint density at radius 1 is 1.23 bits per heavy atom. The van der Waals surface area contributed by atoms with E-state index in [9.17, 15) is 36.5 Å². The SMILES string of the molecule is C[C@@H](NS(=O)(=O)c1ccccc1C(F)(F)F)C(=O)N1CCc2ccc([N+](=O)[O-])cc21. The van der Waals surface area contributed by atoms with Crippen molar-refractivity contribution in [3.8, 4) is 0 Å². The Hall–Kier alpha value is -2.99. The molecule has 0 saturated carbocycles. The van der Waals surface area contributed by atoms with Gasteiger partial charge in [-0.05, 0) is 31.0 Å². The molecule has 1 heterocycles. The van der Waals surface area contributed by atoms with Crippen LogP contribution in [0.25, 0.3) is 0 Å². The van der Waals surface area contributed by atoms with Crippen LogP contribution in [0.4, 0.5) is 24.5 Å². The van der Waals surface area contributed by atoms with Gasteiger partial charge in [0.1, 0.15) is 0 Å². The van der Waals surface area contributed by atoms with Gasteiger partial charge in [0, 0.05) is 18.7 Å². The van der Waals surface area contributed by atoms with Gasteiger partial charge in [0.15, 0.2) is 0 Å². The summed E-state index contributed by atoms with van der Waals surface area (Å²) in [6.45, 7) is 1.37. The number of amides is 1. The number of alkyl halides is 3. The maximum absolute atomic E-state index is 13.2. The molecule has 1 aliphatic heterocycles. The number of halogens is 3. The van der Waals surface area contributed by atoms with E-state index < -0.39 is 43.5 Å². The van der Waals surface area contributed by atoms with E-state index >= 15 is 0 Å². The van der Waals surface area contributed by atoms with Crippen molar-refractivity contribution in [2.45, 2.75) is 30.5 Å². The molecule has 1 atom stereocenters. The summed E-state index contributed by atoms with van der Waals surface area (Å²) in [6, 6.07) is 6.26. The van der Waals surface area contributed by atoms with Gasteiger partial charge in [0.25, 0.3) is 5.69 Å². The van der Waals surface area contributed by atoms with E-state index in [1.165, 1.54) is 30.0 Å². The zero-order valence-electron chi connectivity index (χ0n) is 15.5. The Morgan fingerprint density at radius 3 is 2.53 bits per heavy atom. The Balaban J connectivity index is 1.86. The normalized spacial score (nSPS) is 15.0. The van der Waals surface area contributed by atoms with Crippen molar-refractivity contribution in [2.24, 2.45) is 0 Å². The fourth-order valence-corrected chi connectivity index (χ4v) is 4.65. The van der Waals surface area contributed by atoms with Crippen molar-refractivity contribution in [3.05, 3.63) is 63.7 Å². The number of nitrogens with zero attached hydrogens (tertiary/aromatic N) is 2. The molecule has 160 valence electrons. The summed E-state index contributed by atoms with van der Waals surface area (Å²) in [7, 11) is -4.67. The van der Waals surface area contributed by atoms with Gasteiger partial charge in [-0.2, -0.15) is 17.9 Å². The second-order valence-corrected chi connectivity index (χ2v) is 8.33. The molecule has 0 unspecified atom stereocenters. The molecule has 8 nitrogen and oxygen atoms in total. The molecule has 3 rings (SSSR count). The van der Waals surface area contributed by atoms with Crippen molar-refractivity contribution < 1.29 is 31.3 Å². The number of hydrogen-bond donors (Lipinski definition) is 1. The summed E-state index contributed by atoms with van der Waals surface area (Å²) < 4.78 is 66.6. The lowest BCUT2D eigenvalue weighted by atomic mass is 10.1. The first-order chi connectivity index (χ1) is 13.9. The predicted octanol–water partition coefficient (Wildman–Crippen LogP) is 2.87. The molecule has 2 aromatic rings. The maximum atomic E-state index is 13.2. The van der Waals surface area contributed by atoms with Crippen molar-refractivity contribution in [1.29, 1.82) is 0 Å². The van der Waals surface area contributed by atoms with Crippen LogP contribution in [0.1, 0.15) is 18.1 Å². The fraction of sp³-hybridized carbons (Fsp3) is 0.278. The van der Waals surface area contributed by atoms with E-state index in [0.717, 1.165) is 18.2 Å². The summed E-state index contributed by atoms with van der Waals surface area (Å²) >= 11 is 0. The van der Waals surface area contributed by atoms with Gasteiger partial charge < -0.3 is 4.90 Å². The number of fused-ring (bicyclic) bond motifs is 1. The topological polar surface area (TPSA) is 110 Å². The molecule has 0 bridgehead atoms. The van der Waals surface area contributed by atoms with E-state index in [2.05, 4.69) is 0 Å². The van der Waals surface area contributed by atoms with Crippen molar-refractivity contribution in [3.63, 3.8) is 0 Å². The molecule has 0 aromatic heterocycles. The first-order valence-corrected chi connectivity index (χ1v) is 10.2. The van der Waals surface area contributed by atoms with Gasteiger partial charge in [0.05, 0.1) is 27.1 Å². The van der Waals surface area contributed by atoms with Crippen LogP contribution in [0.5, 0.6) is 0 Å².